The summed E-state index contributed by atoms with van der Waals surface area (Å²) in [4.78, 5) is 26.0. The van der Waals surface area contributed by atoms with Crippen LogP contribution in [0.1, 0.15) is 16.1 Å². The number of carbonyl (C=O) groups excluding carboxylic acids is 2. The first kappa shape index (κ1) is 16.3. The van der Waals surface area contributed by atoms with Gasteiger partial charge in [-0.05, 0) is 29.8 Å². The zero-order valence-corrected chi connectivity index (χ0v) is 13.4. The van der Waals surface area contributed by atoms with Crippen LogP contribution in [0.3, 0.4) is 0 Å². The van der Waals surface area contributed by atoms with Gasteiger partial charge in [0.25, 0.3) is 11.7 Å². The smallest absolute Gasteiger partial charge is 0.298 e. The van der Waals surface area contributed by atoms with Gasteiger partial charge in [0.2, 0.25) is 0 Å². The molecule has 0 bridgehead atoms. The van der Waals surface area contributed by atoms with Gasteiger partial charge in [0.1, 0.15) is 5.75 Å². The van der Waals surface area contributed by atoms with Gasteiger partial charge in [-0.15, -0.1) is 0 Å². The average Bonchev–Trinajstić information content (AvgIpc) is 3.15. The second-order valence-corrected chi connectivity index (χ2v) is 5.61. The molecule has 0 radical (unpaired) electrons. The molecule has 0 N–H and O–H groups in total. The molecule has 6 nitrogen and oxygen atoms in total. The number of benzene rings is 1. The molecule has 1 aromatic heterocycles. The van der Waals surface area contributed by atoms with Crippen LogP contribution >= 0.6 is 0 Å². The molecule has 24 heavy (non-hydrogen) atoms. The third-order valence-electron chi connectivity index (χ3n) is 3.96. The number of amides is 1. The molecule has 2 heterocycles. The number of carbonyl (C=O) groups is 2. The highest BCUT2D eigenvalue weighted by Crippen LogP contribution is 2.17. The Bertz CT molecular complexity index is 710. The van der Waals surface area contributed by atoms with Gasteiger partial charge in [0.15, 0.2) is 5.76 Å². The van der Waals surface area contributed by atoms with Gasteiger partial charge >= 0.3 is 0 Å². The molecular formula is C18H19NO5. The van der Waals surface area contributed by atoms with Gasteiger partial charge in [-0.2, -0.15) is 0 Å². The molecule has 1 aliphatic rings. The first-order valence-electron chi connectivity index (χ1n) is 7.79. The second kappa shape index (κ2) is 7.31. The lowest BCUT2D eigenvalue weighted by Gasteiger charge is -2.32. The molecule has 1 fully saturated rings. The number of nitrogens with zero attached hydrogens (tertiary/aromatic N) is 1. The zero-order valence-electron chi connectivity index (χ0n) is 13.4. The monoisotopic (exact) mass is 329 g/mol. The Morgan fingerprint density at radius 1 is 1.29 bits per heavy atom. The SMILES string of the molecule is COc1cccc(C[C@H]2CN(C(=O)C(=O)c3ccco3)CCO2)c1. The number of hydrogen-bond donors (Lipinski definition) is 0. The van der Waals surface area contributed by atoms with Crippen LogP contribution < -0.4 is 4.74 Å². The van der Waals surface area contributed by atoms with Crippen LogP contribution in [0.25, 0.3) is 0 Å². The molecule has 1 aliphatic heterocycles. The first-order valence-corrected chi connectivity index (χ1v) is 7.79. The average molecular weight is 329 g/mol. The lowest BCUT2D eigenvalue weighted by molar-refractivity contribution is -0.133. The molecule has 0 spiro atoms. The predicted molar refractivity (Wildman–Crippen MR) is 86.1 cm³/mol. The molecule has 1 atom stereocenters. The number of morpholine rings is 1. The summed E-state index contributed by atoms with van der Waals surface area (Å²) in [5.74, 6) is -0.328. The van der Waals surface area contributed by atoms with Crippen molar-refractivity contribution in [2.45, 2.75) is 12.5 Å². The van der Waals surface area contributed by atoms with Crippen LogP contribution in [0.4, 0.5) is 0 Å². The van der Waals surface area contributed by atoms with Gasteiger partial charge < -0.3 is 18.8 Å². The van der Waals surface area contributed by atoms with Crippen LogP contribution in [0.5, 0.6) is 5.75 Å². The van der Waals surface area contributed by atoms with Gasteiger partial charge in [-0.1, -0.05) is 12.1 Å². The van der Waals surface area contributed by atoms with Crippen molar-refractivity contribution in [2.75, 3.05) is 26.8 Å². The molecule has 2 aromatic rings. The first-order chi connectivity index (χ1) is 11.7. The summed E-state index contributed by atoms with van der Waals surface area (Å²) in [6, 6.07) is 10.8. The number of ether oxygens (including phenoxy) is 2. The lowest BCUT2D eigenvalue weighted by atomic mass is 10.1. The van der Waals surface area contributed by atoms with E-state index >= 15 is 0 Å². The van der Waals surface area contributed by atoms with Gasteiger partial charge in [-0.25, -0.2) is 0 Å². The fraction of sp³-hybridized carbons (Fsp3) is 0.333. The van der Waals surface area contributed by atoms with E-state index in [4.69, 9.17) is 13.9 Å². The number of rotatable bonds is 5. The minimum atomic E-state index is -0.623. The van der Waals surface area contributed by atoms with Crippen LogP contribution in [0, 0.1) is 0 Å². The summed E-state index contributed by atoms with van der Waals surface area (Å²) in [5, 5.41) is 0. The van der Waals surface area contributed by atoms with Crippen molar-refractivity contribution < 1.29 is 23.5 Å². The molecule has 1 amide bonds. The predicted octanol–water partition coefficient (Wildman–Crippen LogP) is 1.94. The minimum absolute atomic E-state index is 0.0656. The molecular weight excluding hydrogens is 310 g/mol. The maximum absolute atomic E-state index is 12.3. The van der Waals surface area contributed by atoms with Crippen molar-refractivity contribution in [3.8, 4) is 5.75 Å². The molecule has 1 aromatic carbocycles. The van der Waals surface area contributed by atoms with Crippen molar-refractivity contribution in [3.63, 3.8) is 0 Å². The maximum atomic E-state index is 12.3. The standard InChI is InChI=1S/C18H19NO5/c1-22-14-5-2-4-13(10-14)11-15-12-19(7-9-23-15)18(21)17(20)16-6-3-8-24-16/h2-6,8,10,15H,7,9,11-12H2,1H3/t15-/m0/s1. The number of Topliss-reactive ketones (excluding diaryl/α,β-unsaturated/α-hetero) is 1. The number of furan rings is 1. The Kier molecular flexibility index (Phi) is 4.96. The van der Waals surface area contributed by atoms with E-state index in [1.165, 1.54) is 17.2 Å². The van der Waals surface area contributed by atoms with Gasteiger partial charge in [0.05, 0.1) is 26.1 Å². The summed E-state index contributed by atoms with van der Waals surface area (Å²) in [6.07, 6.45) is 1.88. The van der Waals surface area contributed by atoms with Crippen LogP contribution in [0.15, 0.2) is 47.1 Å². The largest absolute Gasteiger partial charge is 0.497 e. The summed E-state index contributed by atoms with van der Waals surface area (Å²) in [5.41, 5.74) is 1.06. The summed E-state index contributed by atoms with van der Waals surface area (Å²) in [7, 11) is 1.62. The molecule has 0 aliphatic carbocycles. The highest BCUT2D eigenvalue weighted by molar-refractivity contribution is 6.41. The third-order valence-corrected chi connectivity index (χ3v) is 3.96. The molecule has 126 valence electrons. The zero-order chi connectivity index (χ0) is 16.9. The van der Waals surface area contributed by atoms with Crippen LogP contribution in [0.2, 0.25) is 0 Å². The van der Waals surface area contributed by atoms with Crippen LogP contribution in [-0.4, -0.2) is 49.5 Å². The molecule has 0 saturated carbocycles. The van der Waals surface area contributed by atoms with E-state index in [0.29, 0.717) is 26.1 Å². The molecule has 0 unspecified atom stereocenters. The molecule has 6 heteroatoms. The van der Waals surface area contributed by atoms with E-state index in [1.54, 1.807) is 13.2 Å². The van der Waals surface area contributed by atoms with Crippen molar-refractivity contribution >= 4 is 11.7 Å². The van der Waals surface area contributed by atoms with Crippen molar-refractivity contribution in [1.29, 1.82) is 0 Å². The number of ketones is 1. The maximum Gasteiger partial charge on any atom is 0.298 e. The van der Waals surface area contributed by atoms with E-state index in [1.807, 2.05) is 24.3 Å². The van der Waals surface area contributed by atoms with E-state index in [0.717, 1.165) is 11.3 Å². The Morgan fingerprint density at radius 2 is 2.17 bits per heavy atom. The summed E-state index contributed by atoms with van der Waals surface area (Å²) in [6.45, 7) is 1.19. The Morgan fingerprint density at radius 3 is 2.92 bits per heavy atom. The van der Waals surface area contributed by atoms with E-state index in [9.17, 15) is 9.59 Å². The molecule has 1 saturated heterocycles. The minimum Gasteiger partial charge on any atom is -0.497 e. The fourth-order valence-electron chi connectivity index (χ4n) is 2.75. The second-order valence-electron chi connectivity index (χ2n) is 5.61. The Labute approximate surface area is 140 Å². The fourth-order valence-corrected chi connectivity index (χ4v) is 2.75. The van der Waals surface area contributed by atoms with Crippen molar-refractivity contribution in [2.24, 2.45) is 0 Å². The Hall–Kier alpha value is -2.60. The number of hydrogen-bond acceptors (Lipinski definition) is 5. The van der Waals surface area contributed by atoms with Gasteiger partial charge in [-0.3, -0.25) is 9.59 Å². The van der Waals surface area contributed by atoms with E-state index in [-0.39, 0.29) is 11.9 Å². The summed E-state index contributed by atoms with van der Waals surface area (Å²) < 4.78 is 16.0. The Balaban J connectivity index is 1.63. The van der Waals surface area contributed by atoms with Crippen molar-refractivity contribution in [1.82, 2.24) is 4.90 Å². The van der Waals surface area contributed by atoms with Gasteiger partial charge in [0, 0.05) is 19.5 Å². The third kappa shape index (κ3) is 3.65. The molecule has 3 rings (SSSR count). The topological polar surface area (TPSA) is 69.0 Å². The van der Waals surface area contributed by atoms with E-state index in [2.05, 4.69) is 0 Å². The number of methoxy groups -OCH3 is 1. The normalized spacial score (nSPS) is 17.5. The van der Waals surface area contributed by atoms with Crippen molar-refractivity contribution in [3.05, 3.63) is 54.0 Å². The van der Waals surface area contributed by atoms with E-state index < -0.39 is 11.7 Å². The van der Waals surface area contributed by atoms with Crippen LogP contribution in [-0.2, 0) is 16.0 Å². The summed E-state index contributed by atoms with van der Waals surface area (Å²) >= 11 is 0. The quantitative estimate of drug-likeness (QED) is 0.619. The highest BCUT2D eigenvalue weighted by Gasteiger charge is 2.30. The highest BCUT2D eigenvalue weighted by atomic mass is 16.5. The lowest BCUT2D eigenvalue weighted by Crippen LogP contribution is -2.48.